The average molecular weight is 348 g/mol. The molecular formula is C15H19Cl2NO4. The van der Waals surface area contributed by atoms with Gasteiger partial charge >= 0.3 is 0 Å². The molecule has 0 amide bonds. The fourth-order valence-corrected chi connectivity index (χ4v) is 1.65. The molecule has 0 aromatic carbocycles. The first-order chi connectivity index (χ1) is 10.5. The molecule has 0 saturated heterocycles. The summed E-state index contributed by atoms with van der Waals surface area (Å²) in [4.78, 5) is 0. The monoisotopic (exact) mass is 347 g/mol. The fraction of sp³-hybridized carbons (Fsp3) is 0.400. The number of allylic oxidation sites excluding steroid dienone is 5. The van der Waals surface area contributed by atoms with Gasteiger partial charge in [-0.05, 0) is 13.0 Å². The Morgan fingerprint density at radius 1 is 1.41 bits per heavy atom. The lowest BCUT2D eigenvalue weighted by Gasteiger charge is -2.12. The Kier molecular flexibility index (Phi) is 8.45. The summed E-state index contributed by atoms with van der Waals surface area (Å²) in [7, 11) is 3.09. The summed E-state index contributed by atoms with van der Waals surface area (Å²) in [5.41, 5.74) is 1.30. The molecule has 1 heterocycles. The molecule has 22 heavy (non-hydrogen) atoms. The molecule has 0 N–H and O–H groups in total. The van der Waals surface area contributed by atoms with E-state index in [-0.39, 0.29) is 13.2 Å². The van der Waals surface area contributed by atoms with Gasteiger partial charge in [-0.25, -0.2) is 0 Å². The smallest absolute Gasteiger partial charge is 0.180 e. The number of hydrogen-bond donors (Lipinski definition) is 0. The standard InChI is InChI=1S/C15H19Cl2NO4/c1-5-11(6-13(17)10(2)16)14-7-12(22-18-14)8-21-9-15(19-3)20-4/h5-7,15H,1,8-9H2,2-4H3/b11-6+,13-10-. The van der Waals surface area contributed by atoms with E-state index in [0.717, 1.165) is 0 Å². The van der Waals surface area contributed by atoms with Gasteiger partial charge in [0.25, 0.3) is 0 Å². The molecule has 0 bridgehead atoms. The summed E-state index contributed by atoms with van der Waals surface area (Å²) in [6.45, 7) is 5.96. The van der Waals surface area contributed by atoms with Crippen LogP contribution in [0.1, 0.15) is 18.4 Å². The lowest BCUT2D eigenvalue weighted by molar-refractivity contribution is -0.144. The molecule has 7 heteroatoms. The second-order valence-corrected chi connectivity index (χ2v) is 5.25. The Labute approximate surface area is 140 Å². The molecule has 0 radical (unpaired) electrons. The molecule has 5 nitrogen and oxygen atoms in total. The molecule has 0 unspecified atom stereocenters. The summed E-state index contributed by atoms with van der Waals surface area (Å²) in [6, 6.07) is 1.75. The van der Waals surface area contributed by atoms with Gasteiger partial charge in [-0.2, -0.15) is 0 Å². The first-order valence-corrected chi connectivity index (χ1v) is 7.22. The Morgan fingerprint density at radius 3 is 2.64 bits per heavy atom. The third-order valence-electron chi connectivity index (χ3n) is 2.71. The van der Waals surface area contributed by atoms with Crippen LogP contribution in [-0.4, -0.2) is 32.3 Å². The molecule has 0 aliphatic heterocycles. The van der Waals surface area contributed by atoms with Crippen LogP contribution in [0.5, 0.6) is 0 Å². The first kappa shape index (κ1) is 18.9. The van der Waals surface area contributed by atoms with Crippen LogP contribution in [0.25, 0.3) is 5.57 Å². The van der Waals surface area contributed by atoms with Gasteiger partial charge in [0.15, 0.2) is 12.1 Å². The third-order valence-corrected chi connectivity index (χ3v) is 3.40. The van der Waals surface area contributed by atoms with Crippen LogP contribution in [0.4, 0.5) is 0 Å². The molecule has 0 saturated carbocycles. The Balaban J connectivity index is 2.70. The highest BCUT2D eigenvalue weighted by molar-refractivity contribution is 6.40. The van der Waals surface area contributed by atoms with Crippen LogP contribution < -0.4 is 0 Å². The van der Waals surface area contributed by atoms with Crippen molar-refractivity contribution in [3.05, 3.63) is 46.3 Å². The lowest BCUT2D eigenvalue weighted by atomic mass is 10.1. The van der Waals surface area contributed by atoms with Crippen molar-refractivity contribution >= 4 is 28.8 Å². The summed E-state index contributed by atoms with van der Waals surface area (Å²) < 4.78 is 20.7. The summed E-state index contributed by atoms with van der Waals surface area (Å²) in [5, 5.41) is 4.86. The molecule has 122 valence electrons. The maximum absolute atomic E-state index is 6.01. The molecule has 0 aliphatic carbocycles. The molecule has 1 aromatic heterocycles. The van der Waals surface area contributed by atoms with Gasteiger partial charge in [0, 0.05) is 30.9 Å². The molecule has 1 rings (SSSR count). The van der Waals surface area contributed by atoms with Crippen LogP contribution in [0.15, 0.2) is 39.4 Å². The zero-order chi connectivity index (χ0) is 16.5. The van der Waals surface area contributed by atoms with Gasteiger partial charge < -0.3 is 18.7 Å². The molecule has 0 spiro atoms. The molecular weight excluding hydrogens is 329 g/mol. The third kappa shape index (κ3) is 5.94. The first-order valence-electron chi connectivity index (χ1n) is 6.47. The van der Waals surface area contributed by atoms with Crippen molar-refractivity contribution in [1.29, 1.82) is 0 Å². The number of aromatic nitrogens is 1. The van der Waals surface area contributed by atoms with E-state index >= 15 is 0 Å². The Morgan fingerprint density at radius 2 is 2.09 bits per heavy atom. The quantitative estimate of drug-likeness (QED) is 0.497. The molecule has 1 aromatic rings. The van der Waals surface area contributed by atoms with E-state index in [4.69, 9.17) is 41.9 Å². The van der Waals surface area contributed by atoms with E-state index in [1.807, 2.05) is 0 Å². The largest absolute Gasteiger partial charge is 0.368 e. The van der Waals surface area contributed by atoms with Gasteiger partial charge in [-0.3, -0.25) is 0 Å². The predicted molar refractivity (Wildman–Crippen MR) is 86.5 cm³/mol. The highest BCUT2D eigenvalue weighted by atomic mass is 35.5. The van der Waals surface area contributed by atoms with Crippen LogP contribution >= 0.6 is 23.2 Å². The topological polar surface area (TPSA) is 53.7 Å². The minimum Gasteiger partial charge on any atom is -0.368 e. The minimum atomic E-state index is -0.415. The molecule has 0 fully saturated rings. The molecule has 0 atom stereocenters. The highest BCUT2D eigenvalue weighted by Crippen LogP contribution is 2.22. The van der Waals surface area contributed by atoms with Crippen LogP contribution in [0.3, 0.4) is 0 Å². The predicted octanol–water partition coefficient (Wildman–Crippen LogP) is 4.09. The minimum absolute atomic E-state index is 0.249. The van der Waals surface area contributed by atoms with Gasteiger partial charge in [-0.15, -0.1) is 0 Å². The van der Waals surface area contributed by atoms with Crippen LogP contribution in [-0.2, 0) is 20.8 Å². The second kappa shape index (κ2) is 9.82. The van der Waals surface area contributed by atoms with Crippen molar-refractivity contribution in [3.8, 4) is 0 Å². The van der Waals surface area contributed by atoms with Crippen LogP contribution in [0.2, 0.25) is 0 Å². The van der Waals surface area contributed by atoms with E-state index in [2.05, 4.69) is 11.7 Å². The van der Waals surface area contributed by atoms with E-state index in [9.17, 15) is 0 Å². The van der Waals surface area contributed by atoms with Crippen molar-refractivity contribution in [1.82, 2.24) is 5.16 Å². The highest BCUT2D eigenvalue weighted by Gasteiger charge is 2.10. The summed E-state index contributed by atoms with van der Waals surface area (Å²) in [6.07, 6.45) is 2.88. The zero-order valence-electron chi connectivity index (χ0n) is 12.8. The van der Waals surface area contributed by atoms with E-state index < -0.39 is 6.29 Å². The number of rotatable bonds is 9. The fourth-order valence-electron chi connectivity index (χ4n) is 1.48. The van der Waals surface area contributed by atoms with E-state index in [1.54, 1.807) is 39.4 Å². The number of hydrogen-bond acceptors (Lipinski definition) is 5. The Hall–Kier alpha value is -1.11. The maximum Gasteiger partial charge on any atom is 0.180 e. The van der Waals surface area contributed by atoms with E-state index in [0.29, 0.717) is 27.1 Å². The van der Waals surface area contributed by atoms with Crippen molar-refractivity contribution in [3.63, 3.8) is 0 Å². The number of methoxy groups -OCH3 is 2. The number of nitrogens with zero attached hydrogens (tertiary/aromatic N) is 1. The van der Waals surface area contributed by atoms with Crippen LogP contribution in [0, 0.1) is 0 Å². The van der Waals surface area contributed by atoms with Crippen molar-refractivity contribution in [2.45, 2.75) is 19.8 Å². The summed E-state index contributed by atoms with van der Waals surface area (Å²) >= 11 is 11.8. The normalized spacial score (nSPS) is 13.5. The average Bonchev–Trinajstić information content (AvgIpc) is 2.97. The van der Waals surface area contributed by atoms with Gasteiger partial charge in [0.2, 0.25) is 0 Å². The van der Waals surface area contributed by atoms with Crippen molar-refractivity contribution < 1.29 is 18.7 Å². The SMILES string of the molecule is C=C/C(=C\C(Cl)=C(/C)Cl)c1cc(COCC(OC)OC)on1. The van der Waals surface area contributed by atoms with Crippen molar-refractivity contribution in [2.75, 3.05) is 20.8 Å². The van der Waals surface area contributed by atoms with Gasteiger partial charge in [0.1, 0.15) is 12.3 Å². The van der Waals surface area contributed by atoms with Gasteiger partial charge in [0.05, 0.1) is 11.6 Å². The molecule has 0 aliphatic rings. The summed E-state index contributed by atoms with van der Waals surface area (Å²) in [5.74, 6) is 0.566. The maximum atomic E-state index is 6.01. The lowest BCUT2D eigenvalue weighted by Crippen LogP contribution is -2.19. The second-order valence-electron chi connectivity index (χ2n) is 4.28. The Bertz CT molecular complexity index is 543. The number of halogens is 2. The van der Waals surface area contributed by atoms with E-state index in [1.165, 1.54) is 0 Å². The number of ether oxygens (including phenoxy) is 3. The van der Waals surface area contributed by atoms with Crippen molar-refractivity contribution in [2.24, 2.45) is 0 Å². The zero-order valence-corrected chi connectivity index (χ0v) is 14.3. The van der Waals surface area contributed by atoms with Gasteiger partial charge in [-0.1, -0.05) is 41.0 Å².